The molecule has 0 unspecified atom stereocenters. The minimum atomic E-state index is -0.0819. The fourth-order valence-electron chi connectivity index (χ4n) is 3.04. The molecule has 0 bridgehead atoms. The Balaban J connectivity index is 0.00000108. The topological polar surface area (TPSA) is 35.5 Å². The second-order valence-corrected chi connectivity index (χ2v) is 7.20. The van der Waals surface area contributed by atoms with E-state index in [2.05, 4.69) is 20.8 Å². The van der Waals surface area contributed by atoms with Gasteiger partial charge < -0.3 is 23.3 Å². The average Bonchev–Trinajstić information content (AvgIpc) is 2.71. The molecule has 0 aromatic heterocycles. The second kappa shape index (κ2) is 18.6. The third-order valence-electron chi connectivity index (χ3n) is 4.75. The monoisotopic (exact) mass is 612 g/mol. The van der Waals surface area contributed by atoms with Gasteiger partial charge in [-0.25, -0.2) is 0 Å². The molecule has 1 aromatic rings. The second-order valence-electron chi connectivity index (χ2n) is 7.20. The van der Waals surface area contributed by atoms with Crippen LogP contribution in [-0.4, -0.2) is 12.6 Å². The van der Waals surface area contributed by atoms with Crippen LogP contribution in [0.5, 0.6) is 11.5 Å². The molecule has 28 heavy (non-hydrogen) atoms. The third kappa shape index (κ3) is 12.9. The Morgan fingerprint density at radius 3 is 2.07 bits per heavy atom. The first-order valence-electron chi connectivity index (χ1n) is 10.7. The van der Waals surface area contributed by atoms with Crippen LogP contribution in [0.3, 0.4) is 0 Å². The molecule has 1 aliphatic rings. The van der Waals surface area contributed by atoms with E-state index in [0.717, 1.165) is 70.1 Å². The third-order valence-corrected chi connectivity index (χ3v) is 4.75. The Bertz CT molecular complexity index is 479. The van der Waals surface area contributed by atoms with Crippen molar-refractivity contribution in [3.8, 4) is 11.5 Å². The number of carbonyl (C=O) groups is 1. The molecular weight excluding hydrogens is 574 g/mol. The SMILES string of the molecule is [CH2-]CCCC.[CH2-]CCCCCOc1ccc(OC(=O)C2CCCCC2)cc1.[U+2]. The van der Waals surface area contributed by atoms with Crippen LogP contribution in [0.4, 0.5) is 0 Å². The zero-order valence-corrected chi connectivity index (χ0v) is 21.9. The van der Waals surface area contributed by atoms with E-state index in [1.807, 2.05) is 24.3 Å². The summed E-state index contributed by atoms with van der Waals surface area (Å²) in [5.74, 6) is 1.44. The Labute approximate surface area is 196 Å². The molecular formula is C24H38O3U. The van der Waals surface area contributed by atoms with Crippen LogP contribution in [0.1, 0.15) is 84.0 Å². The molecule has 0 atom stereocenters. The molecule has 0 saturated heterocycles. The first kappa shape index (κ1) is 27.5. The number of hydrogen-bond acceptors (Lipinski definition) is 3. The fraction of sp³-hybridized carbons (Fsp3) is 0.625. The largest absolute Gasteiger partial charge is 2.00 e. The number of hydrogen-bond donors (Lipinski definition) is 0. The molecule has 1 aliphatic carbocycles. The summed E-state index contributed by atoms with van der Waals surface area (Å²) in [6.07, 6.45) is 13.4. The van der Waals surface area contributed by atoms with Gasteiger partial charge in [-0.1, -0.05) is 51.9 Å². The van der Waals surface area contributed by atoms with Gasteiger partial charge in [0.2, 0.25) is 0 Å². The number of unbranched alkanes of at least 4 members (excludes halogenated alkanes) is 5. The smallest absolute Gasteiger partial charge is 0.494 e. The molecule has 0 N–H and O–H groups in total. The summed E-state index contributed by atoms with van der Waals surface area (Å²) in [6.45, 7) is 10.4. The van der Waals surface area contributed by atoms with Crippen LogP contribution in [0, 0.1) is 50.9 Å². The van der Waals surface area contributed by atoms with E-state index in [9.17, 15) is 4.79 Å². The normalized spacial score (nSPS) is 13.7. The van der Waals surface area contributed by atoms with Crippen LogP contribution < -0.4 is 9.47 Å². The predicted molar refractivity (Wildman–Crippen MR) is 113 cm³/mol. The molecule has 1 fully saturated rings. The van der Waals surface area contributed by atoms with Gasteiger partial charge in [-0.2, -0.15) is 12.8 Å². The van der Waals surface area contributed by atoms with Crippen molar-refractivity contribution in [2.45, 2.75) is 84.0 Å². The molecule has 1 saturated carbocycles. The van der Waals surface area contributed by atoms with E-state index in [0.29, 0.717) is 5.75 Å². The summed E-state index contributed by atoms with van der Waals surface area (Å²) in [4.78, 5) is 12.1. The van der Waals surface area contributed by atoms with E-state index >= 15 is 0 Å². The minimum Gasteiger partial charge on any atom is -0.494 e. The molecule has 0 heterocycles. The van der Waals surface area contributed by atoms with Gasteiger partial charge in [0.05, 0.1) is 12.5 Å². The minimum absolute atomic E-state index is 0. The van der Waals surface area contributed by atoms with Gasteiger partial charge >= 0.3 is 37.1 Å². The van der Waals surface area contributed by atoms with Gasteiger partial charge in [-0.3, -0.25) is 4.79 Å². The maximum atomic E-state index is 12.1. The Hall–Kier alpha value is -0.458. The summed E-state index contributed by atoms with van der Waals surface area (Å²) >= 11 is 0. The number of ether oxygens (including phenoxy) is 2. The Morgan fingerprint density at radius 1 is 0.929 bits per heavy atom. The maximum Gasteiger partial charge on any atom is 2.00 e. The summed E-state index contributed by atoms with van der Waals surface area (Å²) in [5.41, 5.74) is 0. The Kier molecular flexibility index (Phi) is 18.3. The zero-order chi connectivity index (χ0) is 19.7. The Morgan fingerprint density at radius 2 is 1.54 bits per heavy atom. The summed E-state index contributed by atoms with van der Waals surface area (Å²) in [7, 11) is 0. The fourth-order valence-corrected chi connectivity index (χ4v) is 3.04. The van der Waals surface area contributed by atoms with Gasteiger partial charge in [-0.15, -0.1) is 0 Å². The van der Waals surface area contributed by atoms with Crippen molar-refractivity contribution in [3.63, 3.8) is 0 Å². The summed E-state index contributed by atoms with van der Waals surface area (Å²) < 4.78 is 11.1. The molecule has 0 amide bonds. The maximum absolute atomic E-state index is 12.1. The van der Waals surface area contributed by atoms with E-state index < -0.39 is 0 Å². The number of esters is 1. The van der Waals surface area contributed by atoms with Crippen LogP contribution in [0.15, 0.2) is 24.3 Å². The molecule has 0 radical (unpaired) electrons. The predicted octanol–water partition coefficient (Wildman–Crippen LogP) is 6.96. The van der Waals surface area contributed by atoms with E-state index in [1.165, 1.54) is 19.3 Å². The number of rotatable bonds is 10. The van der Waals surface area contributed by atoms with Gasteiger partial charge in [0.15, 0.2) is 0 Å². The van der Waals surface area contributed by atoms with Crippen molar-refractivity contribution < 1.29 is 45.4 Å². The number of benzene rings is 1. The van der Waals surface area contributed by atoms with Crippen molar-refractivity contribution >= 4 is 5.97 Å². The first-order chi connectivity index (χ1) is 13.2. The standard InChI is InChI=1S/C19H27O3.C5H11.U/c1-2-3-4-8-15-21-17-11-13-18(14-12-17)22-19(20)16-9-6-5-7-10-16;1-3-5-4-2;/h11-14,16H,1-10,15H2;1,3-5H2,2H3;/q2*-1;+2. The van der Waals surface area contributed by atoms with Crippen LogP contribution in [-0.2, 0) is 4.79 Å². The number of carbonyl (C=O) groups excluding carboxylic acids is 1. The van der Waals surface area contributed by atoms with Crippen LogP contribution in [0.25, 0.3) is 0 Å². The molecule has 2 rings (SSSR count). The molecule has 4 heteroatoms. The molecule has 0 aliphatic heterocycles. The summed E-state index contributed by atoms with van der Waals surface area (Å²) in [5, 5.41) is 0. The van der Waals surface area contributed by atoms with Crippen molar-refractivity contribution in [3.05, 3.63) is 38.1 Å². The van der Waals surface area contributed by atoms with Gasteiger partial charge in [-0.05, 0) is 43.5 Å². The van der Waals surface area contributed by atoms with E-state index in [1.54, 1.807) is 0 Å². The quantitative estimate of drug-likeness (QED) is 0.124. The molecule has 3 nitrogen and oxygen atoms in total. The first-order valence-corrected chi connectivity index (χ1v) is 10.7. The molecule has 0 spiro atoms. The molecule has 1 aromatic carbocycles. The molecule has 156 valence electrons. The van der Waals surface area contributed by atoms with Crippen molar-refractivity contribution in [1.82, 2.24) is 0 Å². The van der Waals surface area contributed by atoms with Crippen LogP contribution in [0.2, 0.25) is 0 Å². The average molecular weight is 613 g/mol. The zero-order valence-electron chi connectivity index (χ0n) is 17.7. The van der Waals surface area contributed by atoms with E-state index in [-0.39, 0.29) is 43.0 Å². The summed E-state index contributed by atoms with van der Waals surface area (Å²) in [6, 6.07) is 7.35. The van der Waals surface area contributed by atoms with Gasteiger partial charge in [0, 0.05) is 0 Å². The van der Waals surface area contributed by atoms with E-state index in [4.69, 9.17) is 9.47 Å². The van der Waals surface area contributed by atoms with Crippen molar-refractivity contribution in [2.24, 2.45) is 5.92 Å². The van der Waals surface area contributed by atoms with Gasteiger partial charge in [0.25, 0.3) is 0 Å². The van der Waals surface area contributed by atoms with Gasteiger partial charge in [0.1, 0.15) is 11.5 Å². The van der Waals surface area contributed by atoms with Crippen molar-refractivity contribution in [2.75, 3.05) is 6.61 Å². The van der Waals surface area contributed by atoms with Crippen LogP contribution >= 0.6 is 0 Å². The van der Waals surface area contributed by atoms with Crippen molar-refractivity contribution in [1.29, 1.82) is 0 Å².